The molecule has 104 valence electrons. The molecular weight excluding hydrogens is 327 g/mol. The minimum absolute atomic E-state index is 0.0224. The molecule has 2 N–H and O–H groups in total. The lowest BCUT2D eigenvalue weighted by atomic mass is 9.82. The number of halogens is 1. The summed E-state index contributed by atoms with van der Waals surface area (Å²) >= 11 is 3.31. The minimum Gasteiger partial charge on any atom is -0.462 e. The molecule has 0 radical (unpaired) electrons. The first-order valence-electron chi connectivity index (χ1n) is 5.91. The van der Waals surface area contributed by atoms with Gasteiger partial charge < -0.3 is 14.8 Å². The molecule has 0 bridgehead atoms. The Kier molecular flexibility index (Phi) is 4.59. The summed E-state index contributed by atoms with van der Waals surface area (Å²) in [5.41, 5.74) is 0.613. The average Bonchev–Trinajstić information content (AvgIpc) is 2.84. The maximum atomic E-state index is 11.8. The molecule has 0 spiro atoms. The molecule has 1 heterocycles. The topological polar surface area (TPSA) is 84.6 Å². The van der Waals surface area contributed by atoms with Gasteiger partial charge in [0, 0.05) is 4.47 Å². The first-order valence-corrected chi connectivity index (χ1v) is 6.71. The van der Waals surface area contributed by atoms with Gasteiger partial charge in [-0.25, -0.2) is 9.48 Å². The second kappa shape index (κ2) is 6.21. The summed E-state index contributed by atoms with van der Waals surface area (Å²) in [6, 6.07) is 7.04. The normalized spacial score (nSPS) is 10.4. The van der Waals surface area contributed by atoms with Crippen molar-refractivity contribution in [2.24, 2.45) is 0 Å². The van der Waals surface area contributed by atoms with Crippen LogP contribution in [-0.2, 0) is 4.74 Å². The molecular formula is C12H12BBrN2O4. The lowest BCUT2D eigenvalue weighted by Crippen LogP contribution is -2.39. The fourth-order valence-electron chi connectivity index (χ4n) is 1.76. The zero-order chi connectivity index (χ0) is 14.7. The first-order chi connectivity index (χ1) is 9.54. The van der Waals surface area contributed by atoms with Gasteiger partial charge in [0.25, 0.3) is 0 Å². The van der Waals surface area contributed by atoms with Gasteiger partial charge in [-0.3, -0.25) is 0 Å². The quantitative estimate of drug-likeness (QED) is 0.626. The highest BCUT2D eigenvalue weighted by atomic mass is 79.9. The Morgan fingerprint density at radius 3 is 2.60 bits per heavy atom. The predicted molar refractivity (Wildman–Crippen MR) is 77.0 cm³/mol. The standard InChI is InChI=1S/C12H12BBrN2O4/c1-2-20-12(17)10-7-15-16(11(10)13(18)19)9-5-3-8(14)4-6-9/h3-7,18-19H,2H2,1H3. The number of nitrogens with zero attached hydrogens (tertiary/aromatic N) is 2. The lowest BCUT2D eigenvalue weighted by molar-refractivity contribution is 0.0527. The summed E-state index contributed by atoms with van der Waals surface area (Å²) in [4.78, 5) is 11.8. The number of carbonyl (C=O) groups excluding carboxylic acids is 1. The fourth-order valence-corrected chi connectivity index (χ4v) is 2.02. The number of hydrogen-bond acceptors (Lipinski definition) is 5. The summed E-state index contributed by atoms with van der Waals surface area (Å²) in [5, 5.41) is 23.0. The summed E-state index contributed by atoms with van der Waals surface area (Å²) in [5.74, 6) is -0.640. The van der Waals surface area contributed by atoms with Crippen LogP contribution in [0.5, 0.6) is 0 Å². The number of carbonyl (C=O) groups is 1. The Morgan fingerprint density at radius 2 is 2.05 bits per heavy atom. The molecule has 0 unspecified atom stereocenters. The highest BCUT2D eigenvalue weighted by Gasteiger charge is 2.28. The average molecular weight is 339 g/mol. The maximum absolute atomic E-state index is 11.8. The molecule has 6 nitrogen and oxygen atoms in total. The van der Waals surface area contributed by atoms with Crippen LogP contribution in [-0.4, -0.2) is 39.5 Å². The van der Waals surface area contributed by atoms with Crippen LogP contribution in [0.2, 0.25) is 0 Å². The van der Waals surface area contributed by atoms with E-state index in [1.165, 1.54) is 10.9 Å². The van der Waals surface area contributed by atoms with E-state index < -0.39 is 13.1 Å². The highest BCUT2D eigenvalue weighted by molar-refractivity contribution is 9.10. The maximum Gasteiger partial charge on any atom is 0.509 e. The summed E-state index contributed by atoms with van der Waals surface area (Å²) in [7, 11) is -1.83. The van der Waals surface area contributed by atoms with Crippen molar-refractivity contribution in [1.29, 1.82) is 0 Å². The molecule has 0 saturated heterocycles. The third kappa shape index (κ3) is 2.92. The van der Waals surface area contributed by atoms with Gasteiger partial charge in [0.1, 0.15) is 0 Å². The van der Waals surface area contributed by atoms with E-state index in [2.05, 4.69) is 21.0 Å². The Hall–Kier alpha value is -1.64. The lowest BCUT2D eigenvalue weighted by Gasteiger charge is -2.08. The third-order valence-corrected chi connectivity index (χ3v) is 3.15. The van der Waals surface area contributed by atoms with Gasteiger partial charge in [0.05, 0.1) is 29.6 Å². The molecule has 2 rings (SSSR count). The second-order valence-electron chi connectivity index (χ2n) is 3.93. The van der Waals surface area contributed by atoms with E-state index in [1.807, 2.05) is 0 Å². The van der Waals surface area contributed by atoms with Crippen molar-refractivity contribution in [3.05, 3.63) is 40.5 Å². The third-order valence-electron chi connectivity index (χ3n) is 2.62. The number of rotatable bonds is 4. The van der Waals surface area contributed by atoms with Gasteiger partial charge in [-0.2, -0.15) is 5.10 Å². The summed E-state index contributed by atoms with van der Waals surface area (Å²) in [6.45, 7) is 1.87. The zero-order valence-corrected chi connectivity index (χ0v) is 12.2. The smallest absolute Gasteiger partial charge is 0.462 e. The summed E-state index contributed by atoms with van der Waals surface area (Å²) < 4.78 is 7.04. The summed E-state index contributed by atoms with van der Waals surface area (Å²) in [6.07, 6.45) is 1.26. The molecule has 2 aromatic rings. The highest BCUT2D eigenvalue weighted by Crippen LogP contribution is 2.13. The van der Waals surface area contributed by atoms with Crippen LogP contribution in [0.3, 0.4) is 0 Å². The number of benzene rings is 1. The van der Waals surface area contributed by atoms with Crippen LogP contribution < -0.4 is 5.59 Å². The SMILES string of the molecule is CCOC(=O)c1cnn(-c2ccc(Br)cc2)c1B(O)O. The van der Waals surface area contributed by atoms with Gasteiger partial charge in [-0.05, 0) is 31.2 Å². The fraction of sp³-hybridized carbons (Fsp3) is 0.167. The van der Waals surface area contributed by atoms with Crippen LogP contribution in [0.25, 0.3) is 5.69 Å². The van der Waals surface area contributed by atoms with Crippen molar-refractivity contribution >= 4 is 34.6 Å². The number of esters is 1. The molecule has 1 aromatic carbocycles. The van der Waals surface area contributed by atoms with Crippen molar-refractivity contribution in [3.8, 4) is 5.69 Å². The molecule has 0 amide bonds. The second-order valence-corrected chi connectivity index (χ2v) is 4.84. The Balaban J connectivity index is 2.49. The van der Waals surface area contributed by atoms with E-state index in [4.69, 9.17) is 4.74 Å². The van der Waals surface area contributed by atoms with Crippen LogP contribution in [0, 0.1) is 0 Å². The van der Waals surface area contributed by atoms with Gasteiger partial charge in [0.15, 0.2) is 0 Å². The molecule has 0 fully saturated rings. The Bertz CT molecular complexity index is 612. The van der Waals surface area contributed by atoms with Gasteiger partial charge >= 0.3 is 13.1 Å². The molecule has 0 saturated carbocycles. The van der Waals surface area contributed by atoms with E-state index in [-0.39, 0.29) is 17.8 Å². The number of ether oxygens (including phenoxy) is 1. The molecule has 0 aliphatic heterocycles. The molecule has 0 aliphatic rings. The van der Waals surface area contributed by atoms with Gasteiger partial charge in [-0.1, -0.05) is 15.9 Å². The van der Waals surface area contributed by atoms with Gasteiger partial charge in [-0.15, -0.1) is 0 Å². The molecule has 0 atom stereocenters. The number of aromatic nitrogens is 2. The minimum atomic E-state index is -1.83. The van der Waals surface area contributed by atoms with E-state index in [0.29, 0.717) is 5.69 Å². The van der Waals surface area contributed by atoms with Crippen molar-refractivity contribution in [2.75, 3.05) is 6.61 Å². The molecule has 0 aliphatic carbocycles. The molecule has 20 heavy (non-hydrogen) atoms. The van der Waals surface area contributed by atoms with Crippen LogP contribution in [0.4, 0.5) is 0 Å². The van der Waals surface area contributed by atoms with E-state index in [1.54, 1.807) is 31.2 Å². The predicted octanol–water partition coefficient (Wildman–Crippen LogP) is 0.491. The Morgan fingerprint density at radius 1 is 1.40 bits per heavy atom. The van der Waals surface area contributed by atoms with E-state index in [0.717, 1.165) is 4.47 Å². The van der Waals surface area contributed by atoms with Crippen molar-refractivity contribution < 1.29 is 19.6 Å². The Labute approximate surface area is 124 Å². The van der Waals surface area contributed by atoms with Crippen LogP contribution in [0.1, 0.15) is 17.3 Å². The van der Waals surface area contributed by atoms with Crippen LogP contribution in [0.15, 0.2) is 34.9 Å². The van der Waals surface area contributed by atoms with E-state index in [9.17, 15) is 14.8 Å². The zero-order valence-electron chi connectivity index (χ0n) is 10.7. The van der Waals surface area contributed by atoms with Crippen molar-refractivity contribution in [2.45, 2.75) is 6.92 Å². The van der Waals surface area contributed by atoms with Gasteiger partial charge in [0.2, 0.25) is 0 Å². The molecule has 1 aromatic heterocycles. The van der Waals surface area contributed by atoms with Crippen molar-refractivity contribution in [1.82, 2.24) is 9.78 Å². The van der Waals surface area contributed by atoms with Crippen LogP contribution >= 0.6 is 15.9 Å². The van der Waals surface area contributed by atoms with E-state index >= 15 is 0 Å². The molecule has 8 heteroatoms. The largest absolute Gasteiger partial charge is 0.509 e. The first kappa shape index (κ1) is 14.8. The monoisotopic (exact) mass is 338 g/mol. The van der Waals surface area contributed by atoms with Crippen molar-refractivity contribution in [3.63, 3.8) is 0 Å². The number of hydrogen-bond donors (Lipinski definition) is 2.